The second-order valence-corrected chi connectivity index (χ2v) is 3.18. The molecule has 1 saturated heterocycles. The molecule has 1 aliphatic heterocycles. The quantitative estimate of drug-likeness (QED) is 0.384. The second kappa shape index (κ2) is 4.39. The Kier molecular flexibility index (Phi) is 3.45. The Balaban J connectivity index is 2.11. The number of epoxide rings is 1. The third-order valence-electron chi connectivity index (χ3n) is 1.66. The third-order valence-corrected chi connectivity index (χ3v) is 1.66. The van der Waals surface area contributed by atoms with E-state index in [2.05, 4.69) is 11.9 Å². The summed E-state index contributed by atoms with van der Waals surface area (Å²) in [6.45, 7) is 8.27. The van der Waals surface area contributed by atoms with Crippen LogP contribution in [0.5, 0.6) is 0 Å². The molecule has 1 fully saturated rings. The monoisotopic (exact) mass is 185 g/mol. The van der Waals surface area contributed by atoms with Gasteiger partial charge in [0.2, 0.25) is 5.91 Å². The van der Waals surface area contributed by atoms with E-state index in [9.17, 15) is 4.79 Å². The Morgan fingerprint density at radius 1 is 1.85 bits per heavy atom. The summed E-state index contributed by atoms with van der Waals surface area (Å²) >= 11 is 0. The number of carbonyl (C=O) groups excluding carboxylic acids is 1. The Bertz CT molecular complexity index is 211. The SMILES string of the molecule is C=C(C)C(=O)NC(C)OCC1CO1. The summed E-state index contributed by atoms with van der Waals surface area (Å²) in [5.74, 6) is -0.177. The number of hydrogen-bond acceptors (Lipinski definition) is 3. The predicted octanol–water partition coefficient (Wildman–Crippen LogP) is 0.440. The first-order valence-corrected chi connectivity index (χ1v) is 4.29. The van der Waals surface area contributed by atoms with Crippen LogP contribution in [-0.4, -0.2) is 31.5 Å². The van der Waals surface area contributed by atoms with E-state index in [-0.39, 0.29) is 18.2 Å². The van der Waals surface area contributed by atoms with Crippen LogP contribution in [0.2, 0.25) is 0 Å². The standard InChI is InChI=1S/C9H15NO3/c1-6(2)9(11)10-7(3)12-4-8-5-13-8/h7-8H,1,4-5H2,2-3H3,(H,10,11). The van der Waals surface area contributed by atoms with Gasteiger partial charge in [-0.2, -0.15) is 0 Å². The van der Waals surface area contributed by atoms with E-state index in [0.29, 0.717) is 12.2 Å². The number of nitrogens with one attached hydrogen (secondary N) is 1. The summed E-state index contributed by atoms with van der Waals surface area (Å²) in [4.78, 5) is 11.1. The molecule has 74 valence electrons. The molecule has 4 heteroatoms. The van der Waals surface area contributed by atoms with Crippen LogP contribution < -0.4 is 5.32 Å². The largest absolute Gasteiger partial charge is 0.371 e. The van der Waals surface area contributed by atoms with Crippen LogP contribution in [0.1, 0.15) is 13.8 Å². The zero-order valence-electron chi connectivity index (χ0n) is 8.00. The minimum absolute atomic E-state index is 0.177. The molecule has 1 aliphatic rings. The summed E-state index contributed by atoms with van der Waals surface area (Å²) in [5, 5.41) is 2.65. The first-order chi connectivity index (χ1) is 6.09. The van der Waals surface area contributed by atoms with Crippen LogP contribution in [0.25, 0.3) is 0 Å². The maximum Gasteiger partial charge on any atom is 0.248 e. The van der Waals surface area contributed by atoms with Crippen LogP contribution in [0.3, 0.4) is 0 Å². The molecule has 0 aromatic heterocycles. The highest BCUT2D eigenvalue weighted by atomic mass is 16.6. The minimum Gasteiger partial charge on any atom is -0.371 e. The van der Waals surface area contributed by atoms with Crippen molar-refractivity contribution in [3.8, 4) is 0 Å². The van der Waals surface area contributed by atoms with E-state index in [4.69, 9.17) is 9.47 Å². The van der Waals surface area contributed by atoms with Crippen molar-refractivity contribution in [2.45, 2.75) is 26.2 Å². The van der Waals surface area contributed by atoms with E-state index in [1.165, 1.54) is 0 Å². The summed E-state index contributed by atoms with van der Waals surface area (Å²) < 4.78 is 10.2. The average molecular weight is 185 g/mol. The molecule has 0 bridgehead atoms. The number of ether oxygens (including phenoxy) is 2. The number of carbonyl (C=O) groups is 1. The van der Waals surface area contributed by atoms with Crippen molar-refractivity contribution >= 4 is 5.91 Å². The van der Waals surface area contributed by atoms with Gasteiger partial charge in [0, 0.05) is 5.57 Å². The Morgan fingerprint density at radius 3 is 2.92 bits per heavy atom. The molecule has 0 aromatic rings. The minimum atomic E-state index is -0.284. The molecule has 4 nitrogen and oxygen atoms in total. The highest BCUT2D eigenvalue weighted by Gasteiger charge is 2.23. The number of amides is 1. The summed E-state index contributed by atoms with van der Waals surface area (Å²) in [6, 6.07) is 0. The molecular formula is C9H15NO3. The molecule has 0 radical (unpaired) electrons. The van der Waals surface area contributed by atoms with Crippen LogP contribution in [0.15, 0.2) is 12.2 Å². The fourth-order valence-corrected chi connectivity index (χ4v) is 0.765. The molecule has 2 unspecified atom stereocenters. The zero-order chi connectivity index (χ0) is 9.84. The van der Waals surface area contributed by atoms with Gasteiger partial charge >= 0.3 is 0 Å². The molecule has 1 heterocycles. The maximum absolute atomic E-state index is 11.1. The molecule has 2 atom stereocenters. The van der Waals surface area contributed by atoms with E-state index in [1.807, 2.05) is 0 Å². The number of rotatable bonds is 5. The lowest BCUT2D eigenvalue weighted by atomic mass is 10.3. The molecular weight excluding hydrogens is 170 g/mol. The first-order valence-electron chi connectivity index (χ1n) is 4.29. The first kappa shape index (κ1) is 10.2. The lowest BCUT2D eigenvalue weighted by molar-refractivity contribution is -0.121. The fourth-order valence-electron chi connectivity index (χ4n) is 0.765. The number of hydrogen-bond donors (Lipinski definition) is 1. The normalized spacial score (nSPS) is 22.2. The Labute approximate surface area is 77.9 Å². The van der Waals surface area contributed by atoms with Crippen LogP contribution in [-0.2, 0) is 14.3 Å². The lowest BCUT2D eigenvalue weighted by Gasteiger charge is -2.13. The van der Waals surface area contributed by atoms with Crippen LogP contribution in [0.4, 0.5) is 0 Å². The van der Waals surface area contributed by atoms with Crippen molar-refractivity contribution in [1.82, 2.24) is 5.32 Å². The van der Waals surface area contributed by atoms with Gasteiger partial charge in [0.1, 0.15) is 12.3 Å². The Hall–Kier alpha value is -0.870. The molecule has 0 aromatic carbocycles. The van der Waals surface area contributed by atoms with Crippen molar-refractivity contribution in [1.29, 1.82) is 0 Å². The highest BCUT2D eigenvalue weighted by Crippen LogP contribution is 2.09. The molecule has 0 aliphatic carbocycles. The van der Waals surface area contributed by atoms with Crippen LogP contribution >= 0.6 is 0 Å². The predicted molar refractivity (Wildman–Crippen MR) is 48.1 cm³/mol. The zero-order valence-corrected chi connectivity index (χ0v) is 8.00. The van der Waals surface area contributed by atoms with Gasteiger partial charge < -0.3 is 14.8 Å². The van der Waals surface area contributed by atoms with Gasteiger partial charge in [0.05, 0.1) is 13.2 Å². The molecule has 1 N–H and O–H groups in total. The summed E-state index contributed by atoms with van der Waals surface area (Å²) in [6.07, 6.45) is -0.0578. The third kappa shape index (κ3) is 4.05. The molecule has 13 heavy (non-hydrogen) atoms. The molecule has 1 rings (SSSR count). The topological polar surface area (TPSA) is 50.9 Å². The average Bonchev–Trinajstić information content (AvgIpc) is 2.83. The van der Waals surface area contributed by atoms with Gasteiger partial charge in [-0.25, -0.2) is 0 Å². The Morgan fingerprint density at radius 2 is 2.46 bits per heavy atom. The van der Waals surface area contributed by atoms with Crippen molar-refractivity contribution in [3.05, 3.63) is 12.2 Å². The second-order valence-electron chi connectivity index (χ2n) is 3.18. The van der Waals surface area contributed by atoms with E-state index < -0.39 is 0 Å². The van der Waals surface area contributed by atoms with E-state index >= 15 is 0 Å². The highest BCUT2D eigenvalue weighted by molar-refractivity contribution is 5.92. The molecule has 0 spiro atoms. The van der Waals surface area contributed by atoms with Gasteiger partial charge in [-0.05, 0) is 13.8 Å². The van der Waals surface area contributed by atoms with Gasteiger partial charge in [-0.15, -0.1) is 0 Å². The summed E-state index contributed by atoms with van der Waals surface area (Å²) in [5.41, 5.74) is 0.484. The van der Waals surface area contributed by atoms with Crippen LogP contribution in [0, 0.1) is 0 Å². The van der Waals surface area contributed by atoms with Crippen molar-refractivity contribution in [2.24, 2.45) is 0 Å². The molecule has 0 saturated carbocycles. The fraction of sp³-hybridized carbons (Fsp3) is 0.667. The van der Waals surface area contributed by atoms with Gasteiger partial charge in [0.15, 0.2) is 0 Å². The van der Waals surface area contributed by atoms with Crippen molar-refractivity contribution in [2.75, 3.05) is 13.2 Å². The van der Waals surface area contributed by atoms with Gasteiger partial charge in [-0.1, -0.05) is 6.58 Å². The maximum atomic E-state index is 11.1. The van der Waals surface area contributed by atoms with Gasteiger partial charge in [0.25, 0.3) is 0 Å². The molecule has 1 amide bonds. The van der Waals surface area contributed by atoms with E-state index in [0.717, 1.165) is 6.61 Å². The van der Waals surface area contributed by atoms with E-state index in [1.54, 1.807) is 13.8 Å². The van der Waals surface area contributed by atoms with Gasteiger partial charge in [-0.3, -0.25) is 4.79 Å². The van der Waals surface area contributed by atoms with Crippen molar-refractivity contribution < 1.29 is 14.3 Å². The van der Waals surface area contributed by atoms with Crippen molar-refractivity contribution in [3.63, 3.8) is 0 Å². The summed E-state index contributed by atoms with van der Waals surface area (Å²) in [7, 11) is 0. The smallest absolute Gasteiger partial charge is 0.248 e. The lowest BCUT2D eigenvalue weighted by Crippen LogP contribution is -2.35.